The number of carbonyl (C=O) groups is 1. The summed E-state index contributed by atoms with van der Waals surface area (Å²) in [4.78, 5) is 15.6. The summed E-state index contributed by atoms with van der Waals surface area (Å²) < 4.78 is 12.7. The highest BCUT2D eigenvalue weighted by molar-refractivity contribution is 5.92. The van der Waals surface area contributed by atoms with E-state index in [9.17, 15) is 9.18 Å². The summed E-state index contributed by atoms with van der Waals surface area (Å²) in [7, 11) is 0. The smallest absolute Gasteiger partial charge is 0.270 e. The molecule has 0 atom stereocenters. The minimum Gasteiger partial charge on any atom is -0.344 e. The minimum absolute atomic E-state index is 0. The zero-order valence-electron chi connectivity index (χ0n) is 10.6. The van der Waals surface area contributed by atoms with Crippen LogP contribution in [0, 0.1) is 5.82 Å². The molecule has 1 aromatic rings. The first-order chi connectivity index (χ1) is 8.06. The molecule has 0 unspecified atom stereocenters. The van der Waals surface area contributed by atoms with Crippen molar-refractivity contribution in [3.05, 3.63) is 29.8 Å². The van der Waals surface area contributed by atoms with Gasteiger partial charge in [-0.25, -0.2) is 9.37 Å². The average molecular weight is 276 g/mol. The van der Waals surface area contributed by atoms with E-state index in [1.807, 2.05) is 13.8 Å². The van der Waals surface area contributed by atoms with Crippen molar-refractivity contribution in [1.29, 1.82) is 0 Å². The standard InChI is InChI=1S/C12H18FN3O.ClH/c1-3-12(4-2,8-14)16-11(17)10-6-5-9(13)7-15-10;/h5-7H,3-4,8,14H2,1-2H3,(H,16,17);1H. The number of nitrogens with two attached hydrogens (primary N) is 1. The lowest BCUT2D eigenvalue weighted by atomic mass is 9.93. The molecule has 1 heterocycles. The number of hydrogen-bond donors (Lipinski definition) is 2. The van der Waals surface area contributed by atoms with Crippen LogP contribution in [0.25, 0.3) is 0 Å². The Labute approximate surface area is 113 Å². The van der Waals surface area contributed by atoms with E-state index in [1.165, 1.54) is 12.1 Å². The predicted molar refractivity (Wildman–Crippen MR) is 71.3 cm³/mol. The summed E-state index contributed by atoms with van der Waals surface area (Å²) >= 11 is 0. The minimum atomic E-state index is -0.461. The van der Waals surface area contributed by atoms with Gasteiger partial charge in [-0.05, 0) is 25.0 Å². The third-order valence-electron chi connectivity index (χ3n) is 3.08. The van der Waals surface area contributed by atoms with E-state index in [-0.39, 0.29) is 24.0 Å². The Balaban J connectivity index is 0.00000289. The van der Waals surface area contributed by atoms with Crippen LogP contribution >= 0.6 is 12.4 Å². The van der Waals surface area contributed by atoms with E-state index < -0.39 is 11.4 Å². The van der Waals surface area contributed by atoms with Crippen molar-refractivity contribution in [1.82, 2.24) is 10.3 Å². The maximum atomic E-state index is 12.7. The third-order valence-corrected chi connectivity index (χ3v) is 3.08. The van der Waals surface area contributed by atoms with Gasteiger partial charge in [-0.2, -0.15) is 0 Å². The largest absolute Gasteiger partial charge is 0.344 e. The molecular formula is C12H19ClFN3O. The van der Waals surface area contributed by atoms with Crippen molar-refractivity contribution in [3.8, 4) is 0 Å². The van der Waals surface area contributed by atoms with Crippen LogP contribution in [0.3, 0.4) is 0 Å². The van der Waals surface area contributed by atoms with Crippen molar-refractivity contribution < 1.29 is 9.18 Å². The summed E-state index contributed by atoms with van der Waals surface area (Å²) in [5, 5.41) is 2.87. The van der Waals surface area contributed by atoms with Crippen molar-refractivity contribution in [3.63, 3.8) is 0 Å². The van der Waals surface area contributed by atoms with Crippen LogP contribution in [-0.2, 0) is 0 Å². The molecule has 0 aliphatic rings. The van der Waals surface area contributed by atoms with Gasteiger partial charge in [-0.15, -0.1) is 12.4 Å². The molecule has 0 radical (unpaired) electrons. The molecule has 1 rings (SSSR count). The summed E-state index contributed by atoms with van der Waals surface area (Å²) in [6.45, 7) is 4.30. The fourth-order valence-electron chi connectivity index (χ4n) is 1.58. The van der Waals surface area contributed by atoms with Crippen molar-refractivity contribution in [2.24, 2.45) is 5.73 Å². The number of carbonyl (C=O) groups excluding carboxylic acids is 1. The van der Waals surface area contributed by atoms with E-state index in [2.05, 4.69) is 10.3 Å². The molecule has 4 nitrogen and oxygen atoms in total. The quantitative estimate of drug-likeness (QED) is 0.862. The first-order valence-electron chi connectivity index (χ1n) is 5.71. The molecule has 0 aliphatic heterocycles. The Morgan fingerprint density at radius 3 is 2.44 bits per heavy atom. The Hall–Kier alpha value is -1.20. The van der Waals surface area contributed by atoms with Gasteiger partial charge in [0.1, 0.15) is 11.5 Å². The van der Waals surface area contributed by atoms with Gasteiger partial charge >= 0.3 is 0 Å². The Morgan fingerprint density at radius 1 is 1.44 bits per heavy atom. The number of pyridine rings is 1. The molecule has 0 aliphatic carbocycles. The zero-order chi connectivity index (χ0) is 12.9. The van der Waals surface area contributed by atoms with Crippen LogP contribution in [0.15, 0.2) is 18.3 Å². The second-order valence-electron chi connectivity index (χ2n) is 4.01. The summed E-state index contributed by atoms with van der Waals surface area (Å²) in [5.74, 6) is -0.781. The molecule has 0 fully saturated rings. The van der Waals surface area contributed by atoms with Crippen molar-refractivity contribution in [2.75, 3.05) is 6.54 Å². The molecule has 1 amide bonds. The third kappa shape index (κ3) is 3.92. The summed E-state index contributed by atoms with van der Waals surface area (Å²) in [5.41, 5.74) is 5.47. The van der Waals surface area contributed by atoms with E-state index in [1.54, 1.807) is 0 Å². The predicted octanol–water partition coefficient (Wildman–Crippen LogP) is 1.89. The number of amides is 1. The van der Waals surface area contributed by atoms with Crippen LogP contribution in [0.5, 0.6) is 0 Å². The van der Waals surface area contributed by atoms with Crippen molar-refractivity contribution >= 4 is 18.3 Å². The van der Waals surface area contributed by atoms with Gasteiger partial charge < -0.3 is 11.1 Å². The molecular weight excluding hydrogens is 257 g/mol. The number of nitrogens with one attached hydrogen (secondary N) is 1. The van der Waals surface area contributed by atoms with Crippen molar-refractivity contribution in [2.45, 2.75) is 32.2 Å². The Morgan fingerprint density at radius 2 is 2.06 bits per heavy atom. The SMILES string of the molecule is CCC(CC)(CN)NC(=O)c1ccc(F)cn1.Cl. The number of nitrogens with zero attached hydrogens (tertiary/aromatic N) is 1. The number of hydrogen-bond acceptors (Lipinski definition) is 3. The Kier molecular flexibility index (Phi) is 6.80. The number of rotatable bonds is 5. The van der Waals surface area contributed by atoms with Gasteiger partial charge in [-0.3, -0.25) is 4.79 Å². The molecule has 0 aromatic carbocycles. The molecule has 18 heavy (non-hydrogen) atoms. The van der Waals surface area contributed by atoms with Gasteiger partial charge in [0.05, 0.1) is 11.7 Å². The molecule has 102 valence electrons. The van der Waals surface area contributed by atoms with Gasteiger partial charge in [-0.1, -0.05) is 13.8 Å². The summed E-state index contributed by atoms with van der Waals surface area (Å²) in [6.07, 6.45) is 2.51. The topological polar surface area (TPSA) is 68.0 Å². The van der Waals surface area contributed by atoms with Gasteiger partial charge in [0, 0.05) is 6.54 Å². The highest BCUT2D eigenvalue weighted by Crippen LogP contribution is 2.14. The van der Waals surface area contributed by atoms with Crippen LogP contribution in [-0.4, -0.2) is 23.0 Å². The van der Waals surface area contributed by atoms with Crippen LogP contribution < -0.4 is 11.1 Å². The Bertz CT molecular complexity index is 371. The fourth-order valence-corrected chi connectivity index (χ4v) is 1.58. The maximum Gasteiger partial charge on any atom is 0.270 e. The van der Waals surface area contributed by atoms with E-state index in [0.29, 0.717) is 6.54 Å². The molecule has 0 spiro atoms. The van der Waals surface area contributed by atoms with Gasteiger partial charge in [0.15, 0.2) is 0 Å². The fraction of sp³-hybridized carbons (Fsp3) is 0.500. The molecule has 1 aromatic heterocycles. The lowest BCUT2D eigenvalue weighted by molar-refractivity contribution is 0.0890. The van der Waals surface area contributed by atoms with Crippen LogP contribution in [0.2, 0.25) is 0 Å². The second kappa shape index (κ2) is 7.28. The molecule has 3 N–H and O–H groups in total. The lowest BCUT2D eigenvalue weighted by Gasteiger charge is -2.31. The molecule has 0 bridgehead atoms. The van der Waals surface area contributed by atoms with Gasteiger partial charge in [0.25, 0.3) is 5.91 Å². The number of aromatic nitrogens is 1. The van der Waals surface area contributed by atoms with E-state index in [4.69, 9.17) is 5.73 Å². The average Bonchev–Trinajstić information content (AvgIpc) is 2.37. The lowest BCUT2D eigenvalue weighted by Crippen LogP contribution is -2.53. The summed E-state index contributed by atoms with van der Waals surface area (Å²) in [6, 6.07) is 2.57. The normalized spacial score (nSPS) is 10.7. The number of halogens is 2. The van der Waals surface area contributed by atoms with Crippen LogP contribution in [0.4, 0.5) is 4.39 Å². The monoisotopic (exact) mass is 275 g/mol. The highest BCUT2D eigenvalue weighted by Gasteiger charge is 2.27. The highest BCUT2D eigenvalue weighted by atomic mass is 35.5. The second-order valence-corrected chi connectivity index (χ2v) is 4.01. The maximum absolute atomic E-state index is 12.7. The molecule has 6 heteroatoms. The van der Waals surface area contributed by atoms with E-state index >= 15 is 0 Å². The van der Waals surface area contributed by atoms with Gasteiger partial charge in [0.2, 0.25) is 0 Å². The zero-order valence-corrected chi connectivity index (χ0v) is 11.4. The first kappa shape index (κ1) is 16.8. The first-order valence-corrected chi connectivity index (χ1v) is 5.71. The molecule has 0 saturated carbocycles. The van der Waals surface area contributed by atoms with Crippen LogP contribution in [0.1, 0.15) is 37.2 Å². The van der Waals surface area contributed by atoms with E-state index in [0.717, 1.165) is 19.0 Å². The molecule has 0 saturated heterocycles.